The Kier molecular flexibility index (Phi) is 7.35. The predicted molar refractivity (Wildman–Crippen MR) is 141 cm³/mol. The fourth-order valence-electron chi connectivity index (χ4n) is 4.76. The van der Waals surface area contributed by atoms with Gasteiger partial charge in [-0.1, -0.05) is 11.6 Å². The van der Waals surface area contributed by atoms with Crippen molar-refractivity contribution in [2.75, 3.05) is 46.4 Å². The van der Waals surface area contributed by atoms with E-state index in [1.807, 2.05) is 28.0 Å². The van der Waals surface area contributed by atoms with E-state index in [0.717, 1.165) is 35.3 Å². The normalized spacial score (nSPS) is 15.3. The zero-order valence-electron chi connectivity index (χ0n) is 20.5. The maximum atomic E-state index is 13.2. The highest BCUT2D eigenvalue weighted by Crippen LogP contribution is 2.27. The van der Waals surface area contributed by atoms with Gasteiger partial charge >= 0.3 is 0 Å². The average molecular weight is 519 g/mol. The van der Waals surface area contributed by atoms with Crippen molar-refractivity contribution in [1.82, 2.24) is 34.5 Å². The molecule has 190 valence electrons. The summed E-state index contributed by atoms with van der Waals surface area (Å²) in [5.74, 6) is 0.413. The summed E-state index contributed by atoms with van der Waals surface area (Å²) in [5.41, 5.74) is 2.97. The van der Waals surface area contributed by atoms with Crippen LogP contribution < -0.4 is 4.74 Å². The van der Waals surface area contributed by atoms with Gasteiger partial charge in [0.1, 0.15) is 23.8 Å². The number of benzene rings is 1. The van der Waals surface area contributed by atoms with Crippen molar-refractivity contribution in [2.24, 2.45) is 0 Å². The van der Waals surface area contributed by atoms with Crippen molar-refractivity contribution in [2.45, 2.75) is 12.5 Å². The largest absolute Gasteiger partial charge is 0.496 e. The molecule has 4 heterocycles. The Labute approximate surface area is 219 Å². The first-order chi connectivity index (χ1) is 18.1. The molecule has 1 fully saturated rings. The molecule has 3 aromatic heterocycles. The molecular formula is C26H27ClN8O2. The highest BCUT2D eigenvalue weighted by Gasteiger charge is 2.26. The first-order valence-corrected chi connectivity index (χ1v) is 12.5. The Bertz CT molecular complexity index is 1440. The van der Waals surface area contributed by atoms with Gasteiger partial charge in [0.05, 0.1) is 24.6 Å². The third-order valence-electron chi connectivity index (χ3n) is 6.64. The van der Waals surface area contributed by atoms with Gasteiger partial charge in [0, 0.05) is 54.5 Å². The van der Waals surface area contributed by atoms with E-state index in [1.54, 1.807) is 24.4 Å². The number of nitrogens with one attached hydrogen (secondary N) is 1. The third kappa shape index (κ3) is 5.28. The minimum atomic E-state index is -0.117. The number of ether oxygens (including phenoxy) is 1. The van der Waals surface area contributed by atoms with Crippen LogP contribution in [-0.2, 0) is 0 Å². The van der Waals surface area contributed by atoms with Crippen LogP contribution in [0, 0.1) is 6.57 Å². The van der Waals surface area contributed by atoms with E-state index in [4.69, 9.17) is 22.9 Å². The number of carbonyl (C=O) groups is 1. The van der Waals surface area contributed by atoms with Crippen LogP contribution in [0.3, 0.4) is 0 Å². The number of rotatable bonds is 7. The van der Waals surface area contributed by atoms with Crippen molar-refractivity contribution >= 4 is 28.5 Å². The molecule has 5 rings (SSSR count). The quantitative estimate of drug-likeness (QED) is 0.374. The second kappa shape index (κ2) is 11.0. The fourth-order valence-corrected chi connectivity index (χ4v) is 4.92. The lowest BCUT2D eigenvalue weighted by Crippen LogP contribution is -2.37. The van der Waals surface area contributed by atoms with E-state index in [9.17, 15) is 4.79 Å². The summed E-state index contributed by atoms with van der Waals surface area (Å²) in [6.45, 7) is 11.3. The Balaban J connectivity index is 1.28. The number of hydrogen-bond acceptors (Lipinski definition) is 6. The number of nitrogens with zero attached hydrogens (tertiary/aromatic N) is 7. The van der Waals surface area contributed by atoms with Gasteiger partial charge in [-0.2, -0.15) is 5.10 Å². The summed E-state index contributed by atoms with van der Waals surface area (Å²) < 4.78 is 7.24. The first-order valence-electron chi connectivity index (χ1n) is 12.1. The molecule has 11 heteroatoms. The number of fused-ring (bicyclic) bond motifs is 1. The molecule has 37 heavy (non-hydrogen) atoms. The van der Waals surface area contributed by atoms with Crippen LogP contribution >= 0.6 is 11.6 Å². The highest BCUT2D eigenvalue weighted by molar-refractivity contribution is 6.30. The maximum Gasteiger partial charge on any atom is 0.257 e. The van der Waals surface area contributed by atoms with Crippen molar-refractivity contribution in [3.63, 3.8) is 0 Å². The number of aromatic amines is 1. The Hall–Kier alpha value is -3.94. The van der Waals surface area contributed by atoms with Gasteiger partial charge in [-0.05, 0) is 37.2 Å². The van der Waals surface area contributed by atoms with Crippen LogP contribution in [0.2, 0.25) is 5.02 Å². The number of H-pyrrole nitrogens is 1. The monoisotopic (exact) mass is 518 g/mol. The van der Waals surface area contributed by atoms with Crippen LogP contribution in [0.15, 0.2) is 49.2 Å². The molecule has 0 bridgehead atoms. The summed E-state index contributed by atoms with van der Waals surface area (Å²) in [5, 5.41) is 6.04. The van der Waals surface area contributed by atoms with Crippen molar-refractivity contribution in [3.05, 3.63) is 71.2 Å². The fraction of sp³-hybridized carbons (Fsp3) is 0.346. The predicted octanol–water partition coefficient (Wildman–Crippen LogP) is 3.79. The van der Waals surface area contributed by atoms with Crippen LogP contribution in [-0.4, -0.2) is 86.8 Å². The van der Waals surface area contributed by atoms with E-state index in [2.05, 4.69) is 29.8 Å². The summed E-state index contributed by atoms with van der Waals surface area (Å²) in [7, 11) is 1.54. The minimum absolute atomic E-state index is 0.0642. The van der Waals surface area contributed by atoms with Crippen LogP contribution in [0.5, 0.6) is 5.75 Å². The van der Waals surface area contributed by atoms with Crippen molar-refractivity contribution < 1.29 is 9.53 Å². The number of methoxy groups -OCH3 is 1. The van der Waals surface area contributed by atoms with Crippen LogP contribution in [0.4, 0.5) is 0 Å². The smallest absolute Gasteiger partial charge is 0.257 e. The molecule has 4 aromatic rings. The second-order valence-corrected chi connectivity index (χ2v) is 9.39. The molecule has 1 aromatic carbocycles. The molecule has 1 N–H and O–H groups in total. The Morgan fingerprint density at radius 2 is 2.14 bits per heavy atom. The molecule has 0 radical (unpaired) electrons. The average Bonchev–Trinajstić information content (AvgIpc) is 3.54. The minimum Gasteiger partial charge on any atom is -0.496 e. The third-order valence-corrected chi connectivity index (χ3v) is 6.88. The zero-order valence-corrected chi connectivity index (χ0v) is 21.2. The van der Waals surface area contributed by atoms with Crippen molar-refractivity contribution in [1.29, 1.82) is 0 Å². The van der Waals surface area contributed by atoms with Gasteiger partial charge in [0.15, 0.2) is 0 Å². The Morgan fingerprint density at radius 3 is 2.97 bits per heavy atom. The van der Waals surface area contributed by atoms with E-state index in [0.29, 0.717) is 49.1 Å². The van der Waals surface area contributed by atoms with E-state index in [1.165, 1.54) is 13.4 Å². The molecule has 10 nitrogen and oxygen atoms in total. The molecule has 1 aliphatic heterocycles. The molecule has 1 atom stereocenters. The lowest BCUT2D eigenvalue weighted by atomic mass is 10.1. The highest BCUT2D eigenvalue weighted by atomic mass is 35.5. The lowest BCUT2D eigenvalue weighted by Gasteiger charge is -2.25. The summed E-state index contributed by atoms with van der Waals surface area (Å²) in [6.07, 6.45) is 7.94. The lowest BCUT2D eigenvalue weighted by molar-refractivity contribution is 0.0757. The van der Waals surface area contributed by atoms with Crippen molar-refractivity contribution in [3.8, 4) is 17.0 Å². The molecule has 1 unspecified atom stereocenters. The molecule has 1 amide bonds. The summed E-state index contributed by atoms with van der Waals surface area (Å²) in [6, 6.07) is 6.91. The van der Waals surface area contributed by atoms with Gasteiger partial charge in [-0.3, -0.25) is 14.4 Å². The number of carbonyl (C=O) groups excluding carboxylic acids is 1. The molecular weight excluding hydrogens is 492 g/mol. The summed E-state index contributed by atoms with van der Waals surface area (Å²) >= 11 is 6.07. The topological polar surface area (TPSA) is 96.5 Å². The molecule has 0 aliphatic carbocycles. The van der Waals surface area contributed by atoms with Crippen LogP contribution in [0.1, 0.15) is 22.8 Å². The zero-order chi connectivity index (χ0) is 25.8. The second-order valence-electron chi connectivity index (χ2n) is 8.96. The number of hydrogen-bond donors (Lipinski definition) is 1. The van der Waals surface area contributed by atoms with Gasteiger partial charge < -0.3 is 19.5 Å². The van der Waals surface area contributed by atoms with Gasteiger partial charge in [0.2, 0.25) is 6.54 Å². The van der Waals surface area contributed by atoms with Gasteiger partial charge in [-0.15, -0.1) is 0 Å². The van der Waals surface area contributed by atoms with Gasteiger partial charge in [-0.25, -0.2) is 16.5 Å². The molecule has 0 spiro atoms. The molecule has 0 saturated carbocycles. The van der Waals surface area contributed by atoms with E-state index >= 15 is 0 Å². The standard InChI is InChI=1S/C26H27ClN8O2/c1-28-14-20(35-15-18(13-32-35)24-22-6-7-29-25(22)31-17-30-24)16-33-8-3-9-34(11-10-33)26(36)21-5-4-19(27)12-23(21)37-2/h4-7,12-13,15,17,20H,3,8-11,14,16H2,2H3,(H,29,30,31). The van der Waals surface area contributed by atoms with E-state index in [-0.39, 0.29) is 11.9 Å². The molecule has 1 aliphatic rings. The number of amides is 1. The van der Waals surface area contributed by atoms with E-state index < -0.39 is 0 Å². The SMILES string of the molecule is [C-]#[N+]CC(CN1CCCN(C(=O)c2ccc(Cl)cc2OC)CC1)n1cc(-c2ncnc3[nH]ccc23)cn1. The Morgan fingerprint density at radius 1 is 1.24 bits per heavy atom. The maximum absolute atomic E-state index is 13.2. The van der Waals surface area contributed by atoms with Gasteiger partial charge in [0.25, 0.3) is 5.91 Å². The molecule has 1 saturated heterocycles. The number of halogens is 1. The summed E-state index contributed by atoms with van der Waals surface area (Å²) in [4.78, 5) is 32.9. The number of aromatic nitrogens is 5. The van der Waals surface area contributed by atoms with Crippen LogP contribution in [0.25, 0.3) is 27.1 Å². The first kappa shape index (κ1) is 24.7.